The highest BCUT2D eigenvalue weighted by atomic mass is 35.5. The van der Waals surface area contributed by atoms with Crippen molar-refractivity contribution in [2.75, 3.05) is 11.9 Å². The van der Waals surface area contributed by atoms with Crippen molar-refractivity contribution in [2.24, 2.45) is 0 Å². The van der Waals surface area contributed by atoms with E-state index in [0.717, 1.165) is 25.1 Å². The quantitative estimate of drug-likeness (QED) is 0.857. The molecule has 3 heterocycles. The van der Waals surface area contributed by atoms with Crippen LogP contribution in [0.15, 0.2) is 36.5 Å². The van der Waals surface area contributed by atoms with Crippen LogP contribution < -0.4 is 5.32 Å². The molecule has 1 unspecified atom stereocenters. The van der Waals surface area contributed by atoms with Gasteiger partial charge in [-0.05, 0) is 44.0 Å². The van der Waals surface area contributed by atoms with E-state index in [1.807, 2.05) is 30.0 Å². The first-order valence-corrected chi connectivity index (χ1v) is 7.64. The molecule has 5 nitrogen and oxygen atoms in total. The predicted molar refractivity (Wildman–Crippen MR) is 85.9 cm³/mol. The number of carbonyl (C=O) groups is 1. The van der Waals surface area contributed by atoms with Crippen molar-refractivity contribution in [3.8, 4) is 0 Å². The molecule has 0 aliphatic carbocycles. The van der Waals surface area contributed by atoms with Crippen LogP contribution in [0.1, 0.15) is 30.3 Å². The van der Waals surface area contributed by atoms with E-state index in [9.17, 15) is 4.79 Å². The number of pyridine rings is 2. The number of likely N-dealkylation sites (tertiary alicyclic amines) is 1. The molecule has 0 radical (unpaired) electrons. The van der Waals surface area contributed by atoms with Gasteiger partial charge in [0.05, 0.1) is 23.1 Å². The Balaban J connectivity index is 1.76. The van der Waals surface area contributed by atoms with E-state index in [1.54, 1.807) is 18.3 Å². The minimum atomic E-state index is -0.125. The molecule has 6 heteroatoms. The van der Waals surface area contributed by atoms with E-state index < -0.39 is 0 Å². The van der Waals surface area contributed by atoms with E-state index in [2.05, 4.69) is 15.3 Å². The lowest BCUT2D eigenvalue weighted by Crippen LogP contribution is -2.35. The van der Waals surface area contributed by atoms with Crippen molar-refractivity contribution in [1.82, 2.24) is 14.9 Å². The number of halogens is 1. The smallest absolute Gasteiger partial charge is 0.316 e. The first-order chi connectivity index (χ1) is 10.6. The van der Waals surface area contributed by atoms with Crippen LogP contribution >= 0.6 is 11.6 Å². The summed E-state index contributed by atoms with van der Waals surface area (Å²) in [5, 5.41) is 3.34. The Kier molecular flexibility index (Phi) is 4.24. The average Bonchev–Trinajstić information content (AvgIpc) is 3.00. The molecule has 0 aromatic carbocycles. The van der Waals surface area contributed by atoms with Crippen LogP contribution in [0.25, 0.3) is 0 Å². The SMILES string of the molecule is Cc1nc(Cl)ccc1NC(=O)N1CCCC1c1ccccn1. The summed E-state index contributed by atoms with van der Waals surface area (Å²) in [4.78, 5) is 22.9. The van der Waals surface area contributed by atoms with E-state index in [1.165, 1.54) is 0 Å². The normalized spacial score (nSPS) is 17.5. The third kappa shape index (κ3) is 3.04. The van der Waals surface area contributed by atoms with Gasteiger partial charge in [0.1, 0.15) is 5.15 Å². The number of hydrogen-bond donors (Lipinski definition) is 1. The van der Waals surface area contributed by atoms with Crippen LogP contribution in [0.4, 0.5) is 10.5 Å². The van der Waals surface area contributed by atoms with E-state index in [0.29, 0.717) is 16.5 Å². The summed E-state index contributed by atoms with van der Waals surface area (Å²) in [5.74, 6) is 0. The van der Waals surface area contributed by atoms with Gasteiger partial charge in [-0.2, -0.15) is 0 Å². The molecule has 2 aromatic rings. The van der Waals surface area contributed by atoms with Crippen LogP contribution in [-0.2, 0) is 0 Å². The molecule has 1 atom stereocenters. The molecular weight excluding hydrogens is 300 g/mol. The Morgan fingerprint density at radius 3 is 2.95 bits per heavy atom. The summed E-state index contributed by atoms with van der Waals surface area (Å²) in [6, 6.07) is 9.14. The molecule has 22 heavy (non-hydrogen) atoms. The van der Waals surface area contributed by atoms with Gasteiger partial charge in [0.25, 0.3) is 0 Å². The topological polar surface area (TPSA) is 58.1 Å². The highest BCUT2D eigenvalue weighted by molar-refractivity contribution is 6.29. The van der Waals surface area contributed by atoms with Crippen molar-refractivity contribution in [3.63, 3.8) is 0 Å². The lowest BCUT2D eigenvalue weighted by atomic mass is 10.1. The van der Waals surface area contributed by atoms with Gasteiger partial charge in [-0.1, -0.05) is 17.7 Å². The third-order valence-electron chi connectivity index (χ3n) is 3.84. The number of nitrogens with zero attached hydrogens (tertiary/aromatic N) is 3. The molecule has 2 aromatic heterocycles. The van der Waals surface area contributed by atoms with E-state index >= 15 is 0 Å². The molecule has 1 N–H and O–H groups in total. The Hall–Kier alpha value is -2.14. The molecule has 0 bridgehead atoms. The number of aryl methyl sites for hydroxylation is 1. The Labute approximate surface area is 134 Å². The fourth-order valence-electron chi connectivity index (χ4n) is 2.74. The molecule has 0 spiro atoms. The first-order valence-electron chi connectivity index (χ1n) is 7.27. The number of urea groups is 1. The number of anilines is 1. The van der Waals surface area contributed by atoms with Gasteiger partial charge in [0, 0.05) is 12.7 Å². The standard InChI is InChI=1S/C16H17ClN4O/c1-11-12(7-8-15(17)19-11)20-16(22)21-10-4-6-14(21)13-5-2-3-9-18-13/h2-3,5,7-9,14H,4,6,10H2,1H3,(H,20,22). The van der Waals surface area contributed by atoms with Gasteiger partial charge < -0.3 is 10.2 Å². The summed E-state index contributed by atoms with van der Waals surface area (Å²) in [5.41, 5.74) is 2.32. The summed E-state index contributed by atoms with van der Waals surface area (Å²) in [6.07, 6.45) is 3.67. The van der Waals surface area contributed by atoms with E-state index in [4.69, 9.17) is 11.6 Å². The molecule has 1 saturated heterocycles. The largest absolute Gasteiger partial charge is 0.322 e. The second-order valence-corrected chi connectivity index (χ2v) is 5.69. The maximum atomic E-state index is 12.6. The van der Waals surface area contributed by atoms with Gasteiger partial charge in [-0.3, -0.25) is 4.98 Å². The van der Waals surface area contributed by atoms with Crippen LogP contribution in [0.3, 0.4) is 0 Å². The summed E-state index contributed by atoms with van der Waals surface area (Å²) >= 11 is 5.84. The molecule has 114 valence electrons. The Bertz CT molecular complexity index is 677. The second-order valence-electron chi connectivity index (χ2n) is 5.30. The van der Waals surface area contributed by atoms with Gasteiger partial charge in [-0.15, -0.1) is 0 Å². The molecule has 1 fully saturated rings. The molecule has 1 aliphatic heterocycles. The van der Waals surface area contributed by atoms with Crippen LogP contribution in [0.2, 0.25) is 5.15 Å². The van der Waals surface area contributed by atoms with Crippen molar-refractivity contribution in [3.05, 3.63) is 53.1 Å². The monoisotopic (exact) mass is 316 g/mol. The average molecular weight is 317 g/mol. The van der Waals surface area contributed by atoms with E-state index in [-0.39, 0.29) is 12.1 Å². The lowest BCUT2D eigenvalue weighted by Gasteiger charge is -2.24. The minimum absolute atomic E-state index is 0.0294. The zero-order chi connectivity index (χ0) is 15.5. The molecule has 2 amide bonds. The zero-order valence-electron chi connectivity index (χ0n) is 12.3. The number of hydrogen-bond acceptors (Lipinski definition) is 3. The number of carbonyl (C=O) groups excluding carboxylic acids is 1. The van der Waals surface area contributed by atoms with Crippen LogP contribution in [-0.4, -0.2) is 27.4 Å². The van der Waals surface area contributed by atoms with Gasteiger partial charge >= 0.3 is 6.03 Å². The zero-order valence-corrected chi connectivity index (χ0v) is 13.0. The fourth-order valence-corrected chi connectivity index (χ4v) is 2.93. The first kappa shape index (κ1) is 14.8. The maximum absolute atomic E-state index is 12.6. The number of nitrogens with one attached hydrogen (secondary N) is 1. The Morgan fingerprint density at radius 2 is 2.23 bits per heavy atom. The van der Waals surface area contributed by atoms with Crippen molar-refractivity contribution >= 4 is 23.3 Å². The summed E-state index contributed by atoms with van der Waals surface area (Å²) in [7, 11) is 0. The maximum Gasteiger partial charge on any atom is 0.322 e. The third-order valence-corrected chi connectivity index (χ3v) is 4.05. The predicted octanol–water partition coefficient (Wildman–Crippen LogP) is 3.81. The lowest BCUT2D eigenvalue weighted by molar-refractivity contribution is 0.206. The fraction of sp³-hybridized carbons (Fsp3) is 0.312. The summed E-state index contributed by atoms with van der Waals surface area (Å²) < 4.78 is 0. The molecule has 3 rings (SSSR count). The molecular formula is C16H17ClN4O. The summed E-state index contributed by atoms with van der Waals surface area (Å²) in [6.45, 7) is 2.55. The molecule has 1 aliphatic rings. The number of aromatic nitrogens is 2. The van der Waals surface area contributed by atoms with Crippen molar-refractivity contribution in [1.29, 1.82) is 0 Å². The van der Waals surface area contributed by atoms with Crippen molar-refractivity contribution in [2.45, 2.75) is 25.8 Å². The number of rotatable bonds is 2. The minimum Gasteiger partial charge on any atom is -0.316 e. The highest BCUT2D eigenvalue weighted by Crippen LogP contribution is 2.31. The van der Waals surface area contributed by atoms with Crippen LogP contribution in [0, 0.1) is 6.92 Å². The number of amides is 2. The van der Waals surface area contributed by atoms with Crippen LogP contribution in [0.5, 0.6) is 0 Å². The van der Waals surface area contributed by atoms with Gasteiger partial charge in [-0.25, -0.2) is 9.78 Å². The molecule has 0 saturated carbocycles. The van der Waals surface area contributed by atoms with Gasteiger partial charge in [0.2, 0.25) is 0 Å². The Morgan fingerprint density at radius 1 is 1.36 bits per heavy atom. The highest BCUT2D eigenvalue weighted by Gasteiger charge is 2.31. The van der Waals surface area contributed by atoms with Gasteiger partial charge in [0.15, 0.2) is 0 Å². The van der Waals surface area contributed by atoms with Crippen molar-refractivity contribution < 1.29 is 4.79 Å². The second kappa shape index (κ2) is 6.32.